The van der Waals surface area contributed by atoms with Crippen LogP contribution in [0.1, 0.15) is 12.0 Å². The number of hydrogen-bond acceptors (Lipinski definition) is 4. The maximum absolute atomic E-state index is 9.58. The third-order valence-corrected chi connectivity index (χ3v) is 2.89. The molecule has 1 aliphatic rings. The Bertz CT molecular complexity index is 367. The highest BCUT2D eigenvalue weighted by Gasteiger charge is 2.20. The first kappa shape index (κ1) is 11.2. The minimum absolute atomic E-state index is 0.0749. The molecule has 2 rings (SSSR count). The summed E-state index contributed by atoms with van der Waals surface area (Å²) in [5, 5.41) is 27.9. The first-order valence-electron chi connectivity index (χ1n) is 5.56. The Hall–Kier alpha value is -1.26. The van der Waals surface area contributed by atoms with E-state index in [1.807, 2.05) is 11.0 Å². The van der Waals surface area contributed by atoms with Gasteiger partial charge in [0.05, 0.1) is 6.10 Å². The van der Waals surface area contributed by atoms with Crippen LogP contribution in [-0.4, -0.2) is 41.1 Å². The van der Waals surface area contributed by atoms with Crippen molar-refractivity contribution in [3.8, 4) is 5.75 Å². The number of aromatic hydroxyl groups is 1. The van der Waals surface area contributed by atoms with Gasteiger partial charge in [-0.15, -0.1) is 0 Å². The second kappa shape index (κ2) is 4.72. The molecule has 0 amide bonds. The highest BCUT2D eigenvalue weighted by molar-refractivity contribution is 5.54. The molecule has 1 fully saturated rings. The Labute approximate surface area is 94.8 Å². The Morgan fingerprint density at radius 2 is 2.12 bits per heavy atom. The summed E-state index contributed by atoms with van der Waals surface area (Å²) in [5.74, 6) is 0.210. The molecular formula is C12H17NO3. The van der Waals surface area contributed by atoms with Crippen molar-refractivity contribution in [2.75, 3.05) is 24.6 Å². The first-order valence-corrected chi connectivity index (χ1v) is 5.56. The molecule has 0 bridgehead atoms. The zero-order valence-electron chi connectivity index (χ0n) is 9.13. The van der Waals surface area contributed by atoms with Gasteiger partial charge in [-0.05, 0) is 30.5 Å². The normalized spacial score (nSPS) is 20.4. The van der Waals surface area contributed by atoms with E-state index in [-0.39, 0.29) is 18.5 Å². The van der Waals surface area contributed by atoms with Gasteiger partial charge in [0.25, 0.3) is 0 Å². The number of aliphatic hydroxyl groups is 2. The van der Waals surface area contributed by atoms with Crippen LogP contribution < -0.4 is 4.90 Å². The summed E-state index contributed by atoms with van der Waals surface area (Å²) < 4.78 is 0. The number of aliphatic hydroxyl groups excluding tert-OH is 2. The van der Waals surface area contributed by atoms with E-state index in [1.54, 1.807) is 12.1 Å². The van der Waals surface area contributed by atoms with E-state index in [0.717, 1.165) is 24.2 Å². The minimum atomic E-state index is -0.274. The van der Waals surface area contributed by atoms with Crippen LogP contribution in [0.2, 0.25) is 0 Å². The zero-order chi connectivity index (χ0) is 11.5. The van der Waals surface area contributed by atoms with Crippen LogP contribution in [-0.2, 0) is 6.42 Å². The minimum Gasteiger partial charge on any atom is -0.508 e. The van der Waals surface area contributed by atoms with Crippen LogP contribution in [0.25, 0.3) is 0 Å². The van der Waals surface area contributed by atoms with Crippen LogP contribution in [0.15, 0.2) is 18.2 Å². The van der Waals surface area contributed by atoms with E-state index in [1.165, 1.54) is 0 Å². The number of β-amino-alcohol motifs (C(OH)–C–C–N with tert-alkyl or cyclic N) is 1. The topological polar surface area (TPSA) is 63.9 Å². The van der Waals surface area contributed by atoms with Gasteiger partial charge in [-0.2, -0.15) is 0 Å². The van der Waals surface area contributed by atoms with Gasteiger partial charge in [-0.1, -0.05) is 0 Å². The number of nitrogens with zero attached hydrogens (tertiary/aromatic N) is 1. The molecule has 1 unspecified atom stereocenters. The summed E-state index contributed by atoms with van der Waals surface area (Å²) in [6.45, 7) is 1.50. The van der Waals surface area contributed by atoms with Gasteiger partial charge < -0.3 is 20.2 Å². The zero-order valence-corrected chi connectivity index (χ0v) is 9.13. The van der Waals surface area contributed by atoms with Gasteiger partial charge in [-0.3, -0.25) is 0 Å². The van der Waals surface area contributed by atoms with Gasteiger partial charge in [-0.25, -0.2) is 0 Å². The van der Waals surface area contributed by atoms with E-state index < -0.39 is 0 Å². The maximum Gasteiger partial charge on any atom is 0.117 e. The van der Waals surface area contributed by atoms with Crippen molar-refractivity contribution in [2.45, 2.75) is 18.9 Å². The van der Waals surface area contributed by atoms with Crippen LogP contribution >= 0.6 is 0 Å². The van der Waals surface area contributed by atoms with Gasteiger partial charge in [0.15, 0.2) is 0 Å². The Balaban J connectivity index is 2.20. The number of anilines is 1. The average molecular weight is 223 g/mol. The van der Waals surface area contributed by atoms with Crippen molar-refractivity contribution >= 4 is 5.69 Å². The van der Waals surface area contributed by atoms with Crippen LogP contribution in [0, 0.1) is 0 Å². The monoisotopic (exact) mass is 223 g/mol. The standard InChI is InChI=1S/C12H17NO3/c14-4-2-9-5-10(7-12(16)6-9)13-3-1-11(15)8-13/h5-7,11,14-16H,1-4,8H2. The van der Waals surface area contributed by atoms with Gasteiger partial charge in [0.1, 0.15) is 5.75 Å². The number of phenolic OH excluding ortho intramolecular Hbond substituents is 1. The average Bonchev–Trinajstić information content (AvgIpc) is 2.64. The molecule has 1 aromatic rings. The molecule has 4 nitrogen and oxygen atoms in total. The predicted octanol–water partition coefficient (Wildman–Crippen LogP) is 0.498. The van der Waals surface area contributed by atoms with Crippen molar-refractivity contribution in [3.05, 3.63) is 23.8 Å². The molecular weight excluding hydrogens is 206 g/mol. The molecule has 16 heavy (non-hydrogen) atoms. The van der Waals surface area contributed by atoms with Crippen molar-refractivity contribution in [3.63, 3.8) is 0 Å². The number of hydrogen-bond donors (Lipinski definition) is 3. The lowest BCUT2D eigenvalue weighted by molar-refractivity contribution is 0.198. The van der Waals surface area contributed by atoms with E-state index in [0.29, 0.717) is 13.0 Å². The van der Waals surface area contributed by atoms with Crippen molar-refractivity contribution < 1.29 is 15.3 Å². The van der Waals surface area contributed by atoms with Crippen molar-refractivity contribution in [1.82, 2.24) is 0 Å². The summed E-state index contributed by atoms with van der Waals surface area (Å²) in [6.07, 6.45) is 1.03. The fraction of sp³-hybridized carbons (Fsp3) is 0.500. The maximum atomic E-state index is 9.58. The second-order valence-corrected chi connectivity index (χ2v) is 4.22. The molecule has 1 saturated heterocycles. The Morgan fingerprint density at radius 1 is 1.31 bits per heavy atom. The molecule has 1 aliphatic heterocycles. The highest BCUT2D eigenvalue weighted by atomic mass is 16.3. The van der Waals surface area contributed by atoms with Crippen LogP contribution in [0.5, 0.6) is 5.75 Å². The summed E-state index contributed by atoms with van der Waals surface area (Å²) in [6, 6.07) is 5.30. The smallest absolute Gasteiger partial charge is 0.117 e. The SMILES string of the molecule is OCCc1cc(O)cc(N2CCC(O)C2)c1. The lowest BCUT2D eigenvalue weighted by atomic mass is 10.1. The van der Waals surface area contributed by atoms with E-state index in [2.05, 4.69) is 0 Å². The second-order valence-electron chi connectivity index (χ2n) is 4.22. The number of rotatable bonds is 3. The Morgan fingerprint density at radius 3 is 2.75 bits per heavy atom. The third kappa shape index (κ3) is 2.46. The van der Waals surface area contributed by atoms with Crippen LogP contribution in [0.4, 0.5) is 5.69 Å². The molecule has 1 heterocycles. The largest absolute Gasteiger partial charge is 0.508 e. The fourth-order valence-electron chi connectivity index (χ4n) is 2.09. The molecule has 0 radical (unpaired) electrons. The van der Waals surface area contributed by atoms with E-state index in [4.69, 9.17) is 5.11 Å². The lowest BCUT2D eigenvalue weighted by Gasteiger charge is -2.19. The van der Waals surface area contributed by atoms with Crippen molar-refractivity contribution in [2.24, 2.45) is 0 Å². The molecule has 1 aromatic carbocycles. The summed E-state index contributed by atoms with van der Waals surface area (Å²) in [5.41, 5.74) is 1.83. The first-order chi connectivity index (χ1) is 7.69. The summed E-state index contributed by atoms with van der Waals surface area (Å²) in [7, 11) is 0. The summed E-state index contributed by atoms with van der Waals surface area (Å²) >= 11 is 0. The molecule has 88 valence electrons. The van der Waals surface area contributed by atoms with Crippen molar-refractivity contribution in [1.29, 1.82) is 0 Å². The Kier molecular flexibility index (Phi) is 3.31. The molecule has 3 N–H and O–H groups in total. The quantitative estimate of drug-likeness (QED) is 0.698. The predicted molar refractivity (Wildman–Crippen MR) is 61.7 cm³/mol. The lowest BCUT2D eigenvalue weighted by Crippen LogP contribution is -2.21. The number of benzene rings is 1. The molecule has 0 aromatic heterocycles. The molecule has 4 heteroatoms. The van der Waals surface area contributed by atoms with Gasteiger partial charge in [0.2, 0.25) is 0 Å². The van der Waals surface area contributed by atoms with Gasteiger partial charge >= 0.3 is 0 Å². The third-order valence-electron chi connectivity index (χ3n) is 2.89. The van der Waals surface area contributed by atoms with E-state index >= 15 is 0 Å². The highest BCUT2D eigenvalue weighted by Crippen LogP contribution is 2.26. The molecule has 0 aliphatic carbocycles. The summed E-state index contributed by atoms with van der Waals surface area (Å²) in [4.78, 5) is 2.05. The molecule has 1 atom stereocenters. The van der Waals surface area contributed by atoms with E-state index in [9.17, 15) is 10.2 Å². The molecule has 0 spiro atoms. The fourth-order valence-corrected chi connectivity index (χ4v) is 2.09. The molecule has 0 saturated carbocycles. The number of phenols is 1. The van der Waals surface area contributed by atoms with Crippen LogP contribution in [0.3, 0.4) is 0 Å². The van der Waals surface area contributed by atoms with Gasteiger partial charge in [0, 0.05) is 31.5 Å².